The van der Waals surface area contributed by atoms with E-state index < -0.39 is 9.84 Å². The van der Waals surface area contributed by atoms with Gasteiger partial charge >= 0.3 is 0 Å². The van der Waals surface area contributed by atoms with Crippen LogP contribution in [0.3, 0.4) is 0 Å². The molecule has 0 amide bonds. The zero-order valence-corrected chi connectivity index (χ0v) is 15.3. The Morgan fingerprint density at radius 1 is 1.48 bits per heavy atom. The lowest BCUT2D eigenvalue weighted by Gasteiger charge is -2.32. The van der Waals surface area contributed by atoms with Gasteiger partial charge in [-0.3, -0.25) is 0 Å². The third-order valence-electron chi connectivity index (χ3n) is 3.89. The van der Waals surface area contributed by atoms with E-state index in [9.17, 15) is 12.8 Å². The molecule has 7 heteroatoms. The lowest BCUT2D eigenvalue weighted by atomic mass is 10.1. The van der Waals surface area contributed by atoms with Crippen LogP contribution in [0.2, 0.25) is 0 Å². The van der Waals surface area contributed by atoms with Crippen LogP contribution in [0.5, 0.6) is 0 Å². The molecule has 128 valence electrons. The van der Waals surface area contributed by atoms with Crippen molar-refractivity contribution in [3.63, 3.8) is 0 Å². The summed E-state index contributed by atoms with van der Waals surface area (Å²) in [6.45, 7) is 6.49. The van der Waals surface area contributed by atoms with Gasteiger partial charge in [0.05, 0.1) is 11.5 Å². The van der Waals surface area contributed by atoms with Crippen LogP contribution in [-0.4, -0.2) is 42.5 Å². The van der Waals surface area contributed by atoms with Crippen molar-refractivity contribution >= 4 is 32.9 Å². The second-order valence-electron chi connectivity index (χ2n) is 6.50. The van der Waals surface area contributed by atoms with Crippen LogP contribution in [0, 0.1) is 18.7 Å². The fraction of sp³-hybridized carbons (Fsp3) is 0.562. The second kappa shape index (κ2) is 7.13. The molecule has 0 saturated carbocycles. The van der Waals surface area contributed by atoms with Gasteiger partial charge in [-0.25, -0.2) is 12.8 Å². The summed E-state index contributed by atoms with van der Waals surface area (Å²) in [4.78, 5) is 1.93. The Balaban J connectivity index is 2.14. The summed E-state index contributed by atoms with van der Waals surface area (Å²) >= 11 is 5.46. The maximum absolute atomic E-state index is 13.7. The highest BCUT2D eigenvalue weighted by atomic mass is 32.2. The predicted octanol–water partition coefficient (Wildman–Crippen LogP) is 2.98. The first-order chi connectivity index (χ1) is 10.7. The molecular weight excluding hydrogens is 335 g/mol. The molecule has 4 nitrogen and oxygen atoms in total. The highest BCUT2D eigenvalue weighted by Crippen LogP contribution is 2.21. The highest BCUT2D eigenvalue weighted by Gasteiger charge is 2.33. The number of hydrogen-bond acceptors (Lipinski definition) is 3. The zero-order valence-electron chi connectivity index (χ0n) is 13.7. The Hall–Kier alpha value is -1.21. The van der Waals surface area contributed by atoms with Gasteiger partial charge in [-0.05, 0) is 49.2 Å². The summed E-state index contributed by atoms with van der Waals surface area (Å²) in [7, 11) is -2.98. The number of thiocarbonyl (C=S) groups is 1. The van der Waals surface area contributed by atoms with Crippen molar-refractivity contribution in [2.75, 3.05) is 23.4 Å². The van der Waals surface area contributed by atoms with E-state index in [4.69, 9.17) is 12.2 Å². The number of hydrogen-bond donors (Lipinski definition) is 1. The summed E-state index contributed by atoms with van der Waals surface area (Å²) in [5.74, 6) is 0.377. The van der Waals surface area contributed by atoms with Crippen molar-refractivity contribution in [3.8, 4) is 0 Å². The van der Waals surface area contributed by atoms with Crippen molar-refractivity contribution in [1.29, 1.82) is 0 Å². The maximum Gasteiger partial charge on any atom is 0.173 e. The largest absolute Gasteiger partial charge is 0.345 e. The smallest absolute Gasteiger partial charge is 0.173 e. The summed E-state index contributed by atoms with van der Waals surface area (Å²) in [5.41, 5.74) is 1.15. The molecule has 1 aromatic carbocycles. The molecule has 0 spiro atoms. The number of halogens is 1. The normalized spacial score (nSPS) is 19.8. The van der Waals surface area contributed by atoms with Gasteiger partial charge in [0, 0.05) is 18.3 Å². The monoisotopic (exact) mass is 358 g/mol. The molecule has 1 heterocycles. The van der Waals surface area contributed by atoms with Crippen LogP contribution in [0.1, 0.15) is 25.8 Å². The van der Waals surface area contributed by atoms with Crippen molar-refractivity contribution in [3.05, 3.63) is 29.6 Å². The molecular formula is C16H23FN2O2S2. The van der Waals surface area contributed by atoms with Gasteiger partial charge in [0.2, 0.25) is 0 Å². The molecule has 0 unspecified atom stereocenters. The van der Waals surface area contributed by atoms with E-state index in [0.29, 0.717) is 35.2 Å². The first-order valence-corrected chi connectivity index (χ1v) is 9.95. The lowest BCUT2D eigenvalue weighted by molar-refractivity contribution is 0.303. The Bertz CT molecular complexity index is 689. The van der Waals surface area contributed by atoms with E-state index in [1.165, 1.54) is 6.07 Å². The molecule has 1 atom stereocenters. The van der Waals surface area contributed by atoms with Crippen molar-refractivity contribution in [2.45, 2.75) is 33.2 Å². The molecule has 23 heavy (non-hydrogen) atoms. The van der Waals surface area contributed by atoms with Crippen molar-refractivity contribution < 1.29 is 12.8 Å². The number of rotatable bonds is 4. The van der Waals surface area contributed by atoms with Crippen LogP contribution in [0.25, 0.3) is 0 Å². The van der Waals surface area contributed by atoms with Gasteiger partial charge < -0.3 is 10.2 Å². The topological polar surface area (TPSA) is 49.4 Å². The molecule has 0 radical (unpaired) electrons. The zero-order chi connectivity index (χ0) is 17.2. The van der Waals surface area contributed by atoms with Crippen molar-refractivity contribution in [1.82, 2.24) is 4.90 Å². The number of nitrogens with zero attached hydrogens (tertiary/aromatic N) is 1. The second-order valence-corrected chi connectivity index (χ2v) is 9.11. The molecule has 0 bridgehead atoms. The van der Waals surface area contributed by atoms with Gasteiger partial charge in [0.15, 0.2) is 14.9 Å². The summed E-state index contributed by atoms with van der Waals surface area (Å²) in [6.07, 6.45) is 0.582. The lowest BCUT2D eigenvalue weighted by Crippen LogP contribution is -2.45. The molecule has 1 saturated heterocycles. The predicted molar refractivity (Wildman–Crippen MR) is 96.0 cm³/mol. The average molecular weight is 359 g/mol. The van der Waals surface area contributed by atoms with Gasteiger partial charge in [-0.15, -0.1) is 0 Å². The standard InChI is InChI=1S/C16H23FN2O2S2/c1-11(2)9-19(14-6-7-23(20,21)10-14)16(22)18-13-5-4-12(3)15(17)8-13/h4-5,8,11,14H,6-7,9-10H2,1-3H3,(H,18,22)/t14-/m0/s1. The minimum absolute atomic E-state index is 0.113. The fourth-order valence-electron chi connectivity index (χ4n) is 2.68. The van der Waals surface area contributed by atoms with Crippen molar-refractivity contribution in [2.24, 2.45) is 5.92 Å². The molecule has 1 fully saturated rings. The SMILES string of the molecule is Cc1ccc(NC(=S)N(CC(C)C)[C@H]2CCS(=O)(=O)C2)cc1F. The average Bonchev–Trinajstić information content (AvgIpc) is 2.80. The van der Waals surface area contributed by atoms with Crippen LogP contribution in [0.4, 0.5) is 10.1 Å². The molecule has 0 aromatic heterocycles. The molecule has 2 rings (SSSR count). The van der Waals surface area contributed by atoms with E-state index in [0.717, 1.165) is 0 Å². The number of nitrogens with one attached hydrogen (secondary N) is 1. The van der Waals surface area contributed by atoms with E-state index in [1.807, 2.05) is 4.90 Å². The summed E-state index contributed by atoms with van der Waals surface area (Å²) in [6, 6.07) is 4.75. The van der Waals surface area contributed by atoms with Crippen LogP contribution < -0.4 is 5.32 Å². The van der Waals surface area contributed by atoms with E-state index >= 15 is 0 Å². The number of benzene rings is 1. The van der Waals surface area contributed by atoms with Gasteiger partial charge in [0.25, 0.3) is 0 Å². The number of sulfone groups is 1. The first-order valence-electron chi connectivity index (χ1n) is 7.72. The first kappa shape index (κ1) is 18.1. The van der Waals surface area contributed by atoms with Gasteiger partial charge in [0.1, 0.15) is 5.82 Å². The number of anilines is 1. The maximum atomic E-state index is 13.7. The minimum Gasteiger partial charge on any atom is -0.345 e. The minimum atomic E-state index is -2.98. The number of aryl methyl sites for hydroxylation is 1. The van der Waals surface area contributed by atoms with Crippen LogP contribution in [-0.2, 0) is 9.84 Å². The van der Waals surface area contributed by atoms with E-state index in [2.05, 4.69) is 19.2 Å². The van der Waals surface area contributed by atoms with E-state index in [-0.39, 0.29) is 23.4 Å². The highest BCUT2D eigenvalue weighted by molar-refractivity contribution is 7.91. The molecule has 1 aliphatic rings. The van der Waals surface area contributed by atoms with Gasteiger partial charge in [-0.2, -0.15) is 0 Å². The summed E-state index contributed by atoms with van der Waals surface area (Å²) in [5, 5.41) is 3.49. The Morgan fingerprint density at radius 2 is 2.17 bits per heavy atom. The quantitative estimate of drug-likeness (QED) is 0.839. The van der Waals surface area contributed by atoms with Crippen LogP contribution in [0.15, 0.2) is 18.2 Å². The van der Waals surface area contributed by atoms with E-state index in [1.54, 1.807) is 19.1 Å². The Kier molecular flexibility index (Phi) is 5.62. The summed E-state index contributed by atoms with van der Waals surface area (Å²) < 4.78 is 37.2. The Labute approximate surface area is 143 Å². The molecule has 1 N–H and O–H groups in total. The molecule has 0 aliphatic carbocycles. The molecule has 1 aromatic rings. The van der Waals surface area contributed by atoms with Gasteiger partial charge in [-0.1, -0.05) is 19.9 Å². The molecule has 1 aliphatic heterocycles. The van der Waals surface area contributed by atoms with Crippen LogP contribution >= 0.6 is 12.2 Å². The Morgan fingerprint density at radius 3 is 2.70 bits per heavy atom. The fourth-order valence-corrected chi connectivity index (χ4v) is 4.75. The third kappa shape index (κ3) is 4.88. The third-order valence-corrected chi connectivity index (χ3v) is 5.98.